The second-order valence-electron chi connectivity index (χ2n) is 5.84. The zero-order valence-electron chi connectivity index (χ0n) is 13.3. The van der Waals surface area contributed by atoms with Crippen LogP contribution in [0, 0.1) is 0 Å². The second kappa shape index (κ2) is 6.28. The number of rotatable bonds is 3. The third-order valence-corrected chi connectivity index (χ3v) is 4.62. The molecule has 1 saturated carbocycles. The molecule has 3 rings (SSSR count). The zero-order chi connectivity index (χ0) is 16.4. The lowest BCUT2D eigenvalue weighted by Gasteiger charge is -2.46. The van der Waals surface area contributed by atoms with Crippen molar-refractivity contribution in [2.45, 2.75) is 44.7 Å². The smallest absolute Gasteiger partial charge is 0.220 e. The highest BCUT2D eigenvalue weighted by molar-refractivity contribution is 6.32. The van der Waals surface area contributed by atoms with Gasteiger partial charge in [0.15, 0.2) is 5.75 Å². The van der Waals surface area contributed by atoms with Crippen molar-refractivity contribution < 1.29 is 4.74 Å². The van der Waals surface area contributed by atoms with Crippen molar-refractivity contribution in [1.29, 1.82) is 0 Å². The molecular formula is C16H22ClN5O. The largest absolute Gasteiger partial charge is 0.490 e. The van der Waals surface area contributed by atoms with Gasteiger partial charge in [0.05, 0.1) is 17.3 Å². The molecule has 0 amide bonds. The molecule has 23 heavy (non-hydrogen) atoms. The number of hydrogen-bond acceptors (Lipinski definition) is 6. The maximum absolute atomic E-state index is 6.34. The van der Waals surface area contributed by atoms with Crippen molar-refractivity contribution in [3.63, 3.8) is 0 Å². The van der Waals surface area contributed by atoms with Crippen LogP contribution in [-0.2, 0) is 0 Å². The first-order chi connectivity index (χ1) is 11.1. The summed E-state index contributed by atoms with van der Waals surface area (Å²) in [5.74, 6) is 1.18. The molecule has 0 saturated heterocycles. The van der Waals surface area contributed by atoms with Crippen LogP contribution in [0.15, 0.2) is 28.2 Å². The molecule has 0 bridgehead atoms. The Hall–Kier alpha value is -1.95. The van der Waals surface area contributed by atoms with Gasteiger partial charge in [-0.25, -0.2) is 4.99 Å². The Kier molecular flexibility index (Phi) is 4.35. The van der Waals surface area contributed by atoms with Gasteiger partial charge in [0.25, 0.3) is 0 Å². The molecule has 0 atom stereocenters. The normalized spacial score (nSPS) is 20.2. The van der Waals surface area contributed by atoms with Gasteiger partial charge in [0.2, 0.25) is 11.9 Å². The number of benzene rings is 1. The number of anilines is 1. The summed E-state index contributed by atoms with van der Waals surface area (Å²) in [7, 11) is 0. The third-order valence-electron chi connectivity index (χ3n) is 4.33. The highest BCUT2D eigenvalue weighted by Gasteiger charge is 2.43. The molecular weight excluding hydrogens is 314 g/mol. The fraction of sp³-hybridized carbons (Fsp3) is 0.500. The summed E-state index contributed by atoms with van der Waals surface area (Å²) in [6.07, 6.45) is 5.09. The van der Waals surface area contributed by atoms with E-state index in [-0.39, 0.29) is 5.96 Å². The van der Waals surface area contributed by atoms with Crippen LogP contribution in [0.5, 0.6) is 5.75 Å². The summed E-state index contributed by atoms with van der Waals surface area (Å²) in [6, 6.07) is 5.62. The van der Waals surface area contributed by atoms with Crippen molar-refractivity contribution in [2.24, 2.45) is 21.5 Å². The van der Waals surface area contributed by atoms with E-state index in [1.165, 1.54) is 6.42 Å². The molecule has 4 N–H and O–H groups in total. The molecule has 1 fully saturated rings. The fourth-order valence-corrected chi connectivity index (χ4v) is 3.65. The number of ether oxygens (including phenoxy) is 1. The molecule has 1 heterocycles. The third kappa shape index (κ3) is 2.83. The predicted octanol–water partition coefficient (Wildman–Crippen LogP) is 2.85. The SMILES string of the molecule is CCOc1c(Cl)cccc1N1C(N)=NC(N)=NC12CCCCC2. The first-order valence-electron chi connectivity index (χ1n) is 7.98. The van der Waals surface area contributed by atoms with Gasteiger partial charge in [-0.15, -0.1) is 0 Å². The molecule has 0 aromatic heterocycles. The van der Waals surface area contributed by atoms with Crippen LogP contribution in [-0.4, -0.2) is 24.2 Å². The number of nitrogens with two attached hydrogens (primary N) is 2. The van der Waals surface area contributed by atoms with Gasteiger partial charge in [-0.05, 0) is 44.7 Å². The Morgan fingerprint density at radius 3 is 2.70 bits per heavy atom. The van der Waals surface area contributed by atoms with Crippen LogP contribution in [0.3, 0.4) is 0 Å². The molecule has 2 aliphatic rings. The van der Waals surface area contributed by atoms with Crippen molar-refractivity contribution in [1.82, 2.24) is 0 Å². The van der Waals surface area contributed by atoms with Gasteiger partial charge in [-0.1, -0.05) is 24.1 Å². The average Bonchev–Trinajstić information content (AvgIpc) is 2.50. The quantitative estimate of drug-likeness (QED) is 0.888. The molecule has 1 aromatic carbocycles. The van der Waals surface area contributed by atoms with E-state index >= 15 is 0 Å². The van der Waals surface area contributed by atoms with Crippen LogP contribution in [0.2, 0.25) is 5.02 Å². The number of para-hydroxylation sites is 1. The van der Waals surface area contributed by atoms with Gasteiger partial charge in [-0.2, -0.15) is 4.99 Å². The van der Waals surface area contributed by atoms with Crippen molar-refractivity contribution in [2.75, 3.05) is 11.5 Å². The topological polar surface area (TPSA) is 89.2 Å². The number of nitrogens with zero attached hydrogens (tertiary/aromatic N) is 3. The van der Waals surface area contributed by atoms with Crippen LogP contribution >= 0.6 is 11.6 Å². The number of guanidine groups is 2. The Morgan fingerprint density at radius 1 is 1.26 bits per heavy atom. The minimum Gasteiger partial charge on any atom is -0.490 e. The van der Waals surface area contributed by atoms with Gasteiger partial charge in [-0.3, -0.25) is 4.90 Å². The summed E-state index contributed by atoms with van der Waals surface area (Å²) in [5.41, 5.74) is 12.4. The highest BCUT2D eigenvalue weighted by atomic mass is 35.5. The van der Waals surface area contributed by atoms with Gasteiger partial charge >= 0.3 is 0 Å². The zero-order valence-corrected chi connectivity index (χ0v) is 14.0. The summed E-state index contributed by atoms with van der Waals surface area (Å²) in [4.78, 5) is 10.8. The summed E-state index contributed by atoms with van der Waals surface area (Å²) < 4.78 is 5.77. The molecule has 1 aromatic rings. The molecule has 1 aliphatic heterocycles. The minimum atomic E-state index is -0.495. The van der Waals surface area contributed by atoms with Crippen molar-refractivity contribution >= 4 is 29.2 Å². The van der Waals surface area contributed by atoms with Gasteiger partial charge in [0.1, 0.15) is 5.66 Å². The van der Waals surface area contributed by atoms with E-state index in [9.17, 15) is 0 Å². The van der Waals surface area contributed by atoms with Crippen LogP contribution < -0.4 is 21.1 Å². The van der Waals surface area contributed by atoms with Crippen molar-refractivity contribution in [3.8, 4) is 5.75 Å². The van der Waals surface area contributed by atoms with E-state index in [2.05, 4.69) is 9.98 Å². The first-order valence-corrected chi connectivity index (χ1v) is 8.36. The van der Waals surface area contributed by atoms with E-state index < -0.39 is 5.66 Å². The van der Waals surface area contributed by atoms with E-state index in [1.54, 1.807) is 6.07 Å². The molecule has 124 valence electrons. The van der Waals surface area contributed by atoms with Crippen molar-refractivity contribution in [3.05, 3.63) is 23.2 Å². The summed E-state index contributed by atoms with van der Waals surface area (Å²) >= 11 is 6.34. The highest BCUT2D eigenvalue weighted by Crippen LogP contribution is 2.44. The standard InChI is InChI=1S/C16H22ClN5O/c1-2-23-13-11(17)7-6-8-12(13)22-15(19)20-14(18)21-16(22)9-4-3-5-10-16/h6-8H,2-5,9-10H2,1H3,(H4,18,19,20,21). The van der Waals surface area contributed by atoms with Crippen LogP contribution in [0.25, 0.3) is 0 Å². The average molecular weight is 336 g/mol. The Balaban J connectivity index is 2.13. The Morgan fingerprint density at radius 2 is 2.00 bits per heavy atom. The molecule has 7 heteroatoms. The lowest BCUT2D eigenvalue weighted by molar-refractivity contribution is 0.299. The predicted molar refractivity (Wildman–Crippen MR) is 94.2 cm³/mol. The number of halogens is 1. The lowest BCUT2D eigenvalue weighted by Crippen LogP contribution is -2.58. The molecule has 0 unspecified atom stereocenters. The Bertz CT molecular complexity index is 652. The van der Waals surface area contributed by atoms with E-state index in [4.69, 9.17) is 27.8 Å². The van der Waals surface area contributed by atoms with Crippen LogP contribution in [0.1, 0.15) is 39.0 Å². The van der Waals surface area contributed by atoms with E-state index in [0.717, 1.165) is 31.4 Å². The fourth-order valence-electron chi connectivity index (χ4n) is 3.43. The number of aliphatic imine (C=N–C) groups is 2. The number of hydrogen-bond donors (Lipinski definition) is 2. The summed E-state index contributed by atoms with van der Waals surface area (Å²) in [5, 5.41) is 0.547. The molecule has 1 spiro atoms. The maximum atomic E-state index is 6.34. The van der Waals surface area contributed by atoms with E-state index in [1.807, 2.05) is 24.0 Å². The van der Waals surface area contributed by atoms with Gasteiger partial charge < -0.3 is 16.2 Å². The van der Waals surface area contributed by atoms with E-state index in [0.29, 0.717) is 23.3 Å². The monoisotopic (exact) mass is 335 g/mol. The second-order valence-corrected chi connectivity index (χ2v) is 6.25. The van der Waals surface area contributed by atoms with Gasteiger partial charge in [0, 0.05) is 0 Å². The maximum Gasteiger partial charge on any atom is 0.220 e. The molecule has 6 nitrogen and oxygen atoms in total. The Labute approximate surface area is 141 Å². The molecule has 1 aliphatic carbocycles. The lowest BCUT2D eigenvalue weighted by atomic mass is 9.87. The molecule has 0 radical (unpaired) electrons. The first kappa shape index (κ1) is 15.9. The van der Waals surface area contributed by atoms with Crippen LogP contribution in [0.4, 0.5) is 5.69 Å². The minimum absolute atomic E-state index is 0.237. The summed E-state index contributed by atoms with van der Waals surface area (Å²) in [6.45, 7) is 2.44.